The van der Waals surface area contributed by atoms with Crippen LogP contribution < -0.4 is 14.8 Å². The fourth-order valence-electron chi connectivity index (χ4n) is 3.19. The molecule has 0 aliphatic heterocycles. The van der Waals surface area contributed by atoms with Crippen LogP contribution in [0.2, 0.25) is 0 Å². The highest BCUT2D eigenvalue weighted by Crippen LogP contribution is 2.26. The van der Waals surface area contributed by atoms with Crippen molar-refractivity contribution in [3.05, 3.63) is 83.2 Å². The molecule has 1 atom stereocenters. The molecule has 2 N–H and O–H groups in total. The molecule has 0 saturated carbocycles. The van der Waals surface area contributed by atoms with Crippen LogP contribution in [0.1, 0.15) is 46.6 Å². The summed E-state index contributed by atoms with van der Waals surface area (Å²) in [6.07, 6.45) is 2.38. The molecule has 2 aromatic carbocycles. The molecule has 1 amide bonds. The van der Waals surface area contributed by atoms with Crippen molar-refractivity contribution < 1.29 is 17.9 Å². The normalized spacial score (nSPS) is 12.1. The van der Waals surface area contributed by atoms with Crippen molar-refractivity contribution in [2.45, 2.75) is 38.1 Å². The van der Waals surface area contributed by atoms with Crippen molar-refractivity contribution in [2.24, 2.45) is 0 Å². The molecule has 1 unspecified atom stereocenters. The third-order valence-electron chi connectivity index (χ3n) is 5.10. The van der Waals surface area contributed by atoms with Crippen LogP contribution in [0.4, 0.5) is 5.69 Å². The van der Waals surface area contributed by atoms with Crippen molar-refractivity contribution in [1.29, 1.82) is 0 Å². The van der Waals surface area contributed by atoms with Gasteiger partial charge in [0, 0.05) is 11.9 Å². The summed E-state index contributed by atoms with van der Waals surface area (Å²) in [6, 6.07) is 14.7. The number of aryl methyl sites for hydroxylation is 2. The van der Waals surface area contributed by atoms with Crippen molar-refractivity contribution in [1.82, 2.24) is 10.3 Å². The lowest BCUT2D eigenvalue weighted by Gasteiger charge is -2.19. The average molecular weight is 454 g/mol. The Morgan fingerprint density at radius 1 is 1.06 bits per heavy atom. The topological polar surface area (TPSA) is 97.4 Å². The zero-order valence-electron chi connectivity index (χ0n) is 18.5. The number of methoxy groups -OCH3 is 1. The molecule has 0 saturated heterocycles. The second kappa shape index (κ2) is 9.82. The predicted molar refractivity (Wildman–Crippen MR) is 124 cm³/mol. The molecule has 0 spiro atoms. The Labute approximate surface area is 188 Å². The lowest BCUT2D eigenvalue weighted by Crippen LogP contribution is -2.29. The number of carbonyl (C=O) groups excluding carboxylic acids is 1. The molecule has 3 aromatic rings. The maximum atomic E-state index is 13.2. The minimum atomic E-state index is -3.88. The molecule has 0 bridgehead atoms. The first-order valence-electron chi connectivity index (χ1n) is 10.2. The highest BCUT2D eigenvalue weighted by molar-refractivity contribution is 7.92. The fraction of sp³-hybridized carbons (Fsp3) is 0.250. The highest BCUT2D eigenvalue weighted by atomic mass is 32.2. The molecule has 0 aliphatic carbocycles. The third kappa shape index (κ3) is 5.45. The van der Waals surface area contributed by atoms with E-state index in [4.69, 9.17) is 4.74 Å². The van der Waals surface area contributed by atoms with Crippen molar-refractivity contribution in [3.63, 3.8) is 0 Å². The molecule has 0 fully saturated rings. The van der Waals surface area contributed by atoms with Crippen LogP contribution in [-0.4, -0.2) is 26.4 Å². The highest BCUT2D eigenvalue weighted by Gasteiger charge is 2.22. The summed E-state index contributed by atoms with van der Waals surface area (Å²) in [7, 11) is -2.39. The Morgan fingerprint density at radius 3 is 2.38 bits per heavy atom. The van der Waals surface area contributed by atoms with Gasteiger partial charge in [-0.15, -0.1) is 0 Å². The first kappa shape index (κ1) is 23.3. The van der Waals surface area contributed by atoms with E-state index in [0.717, 1.165) is 16.8 Å². The molecular weight excluding hydrogens is 426 g/mol. The Balaban J connectivity index is 1.92. The van der Waals surface area contributed by atoms with Gasteiger partial charge >= 0.3 is 0 Å². The number of pyridine rings is 1. The summed E-state index contributed by atoms with van der Waals surface area (Å²) in [4.78, 5) is 17.6. The fourth-order valence-corrected chi connectivity index (χ4v) is 4.27. The van der Waals surface area contributed by atoms with Gasteiger partial charge in [0.25, 0.3) is 15.9 Å². The first-order valence-corrected chi connectivity index (χ1v) is 11.7. The van der Waals surface area contributed by atoms with Gasteiger partial charge in [-0.3, -0.25) is 14.5 Å². The quantitative estimate of drug-likeness (QED) is 0.527. The molecule has 3 rings (SSSR count). The van der Waals surface area contributed by atoms with Crippen molar-refractivity contribution >= 4 is 21.6 Å². The molecule has 168 valence electrons. The van der Waals surface area contributed by atoms with Gasteiger partial charge in [-0.1, -0.05) is 30.7 Å². The lowest BCUT2D eigenvalue weighted by molar-refractivity contribution is 0.0936. The van der Waals surface area contributed by atoms with Gasteiger partial charge in [0.1, 0.15) is 5.75 Å². The Kier molecular flexibility index (Phi) is 7.15. The molecule has 0 aliphatic rings. The van der Waals surface area contributed by atoms with E-state index >= 15 is 0 Å². The summed E-state index contributed by atoms with van der Waals surface area (Å²) in [6.45, 7) is 5.73. The standard InChI is InChI=1S/C24H27N3O4S/c1-5-22(18-9-8-17(3)25-15-18)26-24(28)21-14-19(31-4)10-13-23(21)27-32(29,30)20-11-6-16(2)7-12-20/h6-15,22,27H,5H2,1-4H3,(H,26,28). The third-order valence-corrected chi connectivity index (χ3v) is 6.48. The van der Waals surface area contributed by atoms with Crippen LogP contribution in [0.25, 0.3) is 0 Å². The number of hydrogen-bond acceptors (Lipinski definition) is 5. The smallest absolute Gasteiger partial charge is 0.261 e. The summed E-state index contributed by atoms with van der Waals surface area (Å²) in [5.41, 5.74) is 3.04. The van der Waals surface area contributed by atoms with E-state index in [1.165, 1.54) is 31.4 Å². The maximum absolute atomic E-state index is 13.2. The number of carbonyl (C=O) groups is 1. The number of ether oxygens (including phenoxy) is 1. The Hall–Kier alpha value is -3.39. The maximum Gasteiger partial charge on any atom is 0.261 e. The van der Waals surface area contributed by atoms with Gasteiger partial charge in [0.05, 0.1) is 29.3 Å². The van der Waals surface area contributed by atoms with E-state index in [1.807, 2.05) is 32.9 Å². The van der Waals surface area contributed by atoms with E-state index in [1.54, 1.807) is 24.4 Å². The number of benzene rings is 2. The van der Waals surface area contributed by atoms with Crippen molar-refractivity contribution in [3.8, 4) is 5.75 Å². The van der Waals surface area contributed by atoms with Gasteiger partial charge in [-0.25, -0.2) is 8.42 Å². The Morgan fingerprint density at radius 2 is 1.78 bits per heavy atom. The number of amides is 1. The number of nitrogens with one attached hydrogen (secondary N) is 2. The monoisotopic (exact) mass is 453 g/mol. The van der Waals surface area contributed by atoms with Crippen LogP contribution in [0.5, 0.6) is 5.75 Å². The Bertz CT molecular complexity index is 1190. The summed E-state index contributed by atoms with van der Waals surface area (Å²) in [5.74, 6) is 0.0245. The minimum absolute atomic E-state index is 0.113. The number of sulfonamides is 1. The molecule has 1 aromatic heterocycles. The summed E-state index contributed by atoms with van der Waals surface area (Å²) < 4.78 is 33.6. The predicted octanol–water partition coefficient (Wildman–Crippen LogP) is 4.39. The van der Waals surface area contributed by atoms with Gasteiger partial charge in [0.15, 0.2) is 0 Å². The van der Waals surface area contributed by atoms with Crippen LogP contribution in [0, 0.1) is 13.8 Å². The molecular formula is C24H27N3O4S. The van der Waals surface area contributed by atoms with Gasteiger partial charge in [-0.05, 0) is 62.2 Å². The summed E-state index contributed by atoms with van der Waals surface area (Å²) >= 11 is 0. The minimum Gasteiger partial charge on any atom is -0.497 e. The number of nitrogens with zero attached hydrogens (tertiary/aromatic N) is 1. The van der Waals surface area contributed by atoms with Crippen LogP contribution in [0.15, 0.2) is 65.7 Å². The van der Waals surface area contributed by atoms with E-state index in [2.05, 4.69) is 15.0 Å². The summed E-state index contributed by atoms with van der Waals surface area (Å²) in [5, 5.41) is 2.97. The molecule has 8 heteroatoms. The van der Waals surface area contributed by atoms with Gasteiger partial charge in [0.2, 0.25) is 0 Å². The second-order valence-electron chi connectivity index (χ2n) is 7.50. The van der Waals surface area contributed by atoms with Gasteiger partial charge in [-0.2, -0.15) is 0 Å². The molecule has 1 heterocycles. The van der Waals surface area contributed by atoms with Crippen LogP contribution in [0.3, 0.4) is 0 Å². The second-order valence-corrected chi connectivity index (χ2v) is 9.18. The number of rotatable bonds is 8. The largest absolute Gasteiger partial charge is 0.497 e. The van der Waals surface area contributed by atoms with E-state index in [9.17, 15) is 13.2 Å². The number of aromatic nitrogens is 1. The average Bonchev–Trinajstić information content (AvgIpc) is 2.78. The zero-order chi connectivity index (χ0) is 23.3. The number of hydrogen-bond donors (Lipinski definition) is 2. The van der Waals surface area contributed by atoms with Gasteiger partial charge < -0.3 is 10.1 Å². The molecule has 32 heavy (non-hydrogen) atoms. The first-order chi connectivity index (χ1) is 15.2. The van der Waals surface area contributed by atoms with Crippen LogP contribution in [-0.2, 0) is 10.0 Å². The lowest BCUT2D eigenvalue weighted by atomic mass is 10.0. The SMILES string of the molecule is CCC(NC(=O)c1cc(OC)ccc1NS(=O)(=O)c1ccc(C)cc1)c1ccc(C)nc1. The van der Waals surface area contributed by atoms with E-state index in [-0.39, 0.29) is 22.2 Å². The zero-order valence-corrected chi connectivity index (χ0v) is 19.4. The molecule has 0 radical (unpaired) electrons. The molecule has 7 nitrogen and oxygen atoms in total. The van der Waals surface area contributed by atoms with E-state index in [0.29, 0.717) is 12.2 Å². The van der Waals surface area contributed by atoms with E-state index < -0.39 is 15.9 Å². The van der Waals surface area contributed by atoms with Crippen molar-refractivity contribution in [2.75, 3.05) is 11.8 Å². The van der Waals surface area contributed by atoms with Crippen LogP contribution >= 0.6 is 0 Å². The number of anilines is 1.